The van der Waals surface area contributed by atoms with Crippen LogP contribution in [0, 0.1) is 0 Å². The molecule has 0 bridgehead atoms. The van der Waals surface area contributed by atoms with Crippen molar-refractivity contribution in [3.05, 3.63) is 17.8 Å². The topological polar surface area (TPSA) is 117 Å². The van der Waals surface area contributed by atoms with Gasteiger partial charge in [-0.3, -0.25) is 0 Å². The summed E-state index contributed by atoms with van der Waals surface area (Å²) in [5.74, 6) is 1.89. The van der Waals surface area contributed by atoms with E-state index in [4.69, 9.17) is 16.0 Å². The van der Waals surface area contributed by atoms with Crippen LogP contribution in [0.2, 0.25) is 0 Å². The number of anilines is 2. The van der Waals surface area contributed by atoms with E-state index in [9.17, 15) is 0 Å². The number of nitrogens with two attached hydrogens (primary N) is 2. The van der Waals surface area contributed by atoms with Gasteiger partial charge in [-0.15, -0.1) is 0 Å². The number of nitrogens with zero attached hydrogens (tertiary/aromatic N) is 4. The van der Waals surface area contributed by atoms with Crippen LogP contribution in [0.5, 0.6) is 0 Å². The maximum absolute atomic E-state index is 5.64. The maximum atomic E-state index is 5.64. The van der Waals surface area contributed by atoms with Crippen molar-refractivity contribution < 1.29 is 4.52 Å². The summed E-state index contributed by atoms with van der Waals surface area (Å²) in [6.45, 7) is 8.02. The van der Waals surface area contributed by atoms with E-state index >= 15 is 0 Å². The molecule has 2 aromatic rings. The molecular formula is C12H18N6OS. The molecule has 8 heteroatoms. The van der Waals surface area contributed by atoms with Crippen LogP contribution >= 0.6 is 11.8 Å². The zero-order valence-electron chi connectivity index (χ0n) is 11.9. The van der Waals surface area contributed by atoms with Crippen LogP contribution in [0.15, 0.2) is 15.7 Å². The molecule has 0 aliphatic heterocycles. The minimum absolute atomic E-state index is 0.0835. The highest BCUT2D eigenvalue weighted by molar-refractivity contribution is 7.99. The monoisotopic (exact) mass is 294 g/mol. The second-order valence-corrected chi connectivity index (χ2v) is 6.77. The molecule has 108 valence electrons. The zero-order valence-corrected chi connectivity index (χ0v) is 12.7. The number of hydrogen-bond acceptors (Lipinski definition) is 8. The van der Waals surface area contributed by atoms with E-state index < -0.39 is 0 Å². The van der Waals surface area contributed by atoms with Crippen LogP contribution in [0.4, 0.5) is 11.6 Å². The molecule has 0 radical (unpaired) electrons. The first-order valence-electron chi connectivity index (χ1n) is 6.16. The maximum Gasteiger partial charge on any atom is 0.239 e. The first-order valence-corrected chi connectivity index (χ1v) is 7.04. The minimum atomic E-state index is -0.149. The van der Waals surface area contributed by atoms with Gasteiger partial charge < -0.3 is 16.0 Å². The van der Waals surface area contributed by atoms with Crippen molar-refractivity contribution in [2.24, 2.45) is 0 Å². The second kappa shape index (κ2) is 5.28. The molecule has 0 aromatic carbocycles. The van der Waals surface area contributed by atoms with Gasteiger partial charge in [0.25, 0.3) is 0 Å². The van der Waals surface area contributed by atoms with Gasteiger partial charge in [0.1, 0.15) is 11.6 Å². The number of aromatic nitrogens is 4. The third-order valence-electron chi connectivity index (χ3n) is 2.49. The molecule has 4 N–H and O–H groups in total. The Morgan fingerprint density at radius 2 is 1.75 bits per heavy atom. The number of thioether (sulfide) groups is 1. The van der Waals surface area contributed by atoms with Gasteiger partial charge >= 0.3 is 0 Å². The van der Waals surface area contributed by atoms with E-state index in [0.717, 1.165) is 0 Å². The quantitative estimate of drug-likeness (QED) is 0.653. The highest BCUT2D eigenvalue weighted by Crippen LogP contribution is 2.33. The van der Waals surface area contributed by atoms with E-state index in [1.807, 2.05) is 27.7 Å². The largest absolute Gasteiger partial charge is 0.383 e. The molecule has 7 nitrogen and oxygen atoms in total. The number of hydrogen-bond donors (Lipinski definition) is 2. The summed E-state index contributed by atoms with van der Waals surface area (Å²) in [5.41, 5.74) is 11.1. The molecule has 1 atom stereocenters. The first kappa shape index (κ1) is 14.6. The lowest BCUT2D eigenvalue weighted by atomic mass is 9.96. The molecule has 2 rings (SSSR count). The molecule has 0 amide bonds. The third kappa shape index (κ3) is 3.38. The second-order valence-electron chi connectivity index (χ2n) is 5.47. The van der Waals surface area contributed by atoms with E-state index in [2.05, 4.69) is 20.1 Å². The third-order valence-corrected chi connectivity index (χ3v) is 3.44. The lowest BCUT2D eigenvalue weighted by Gasteiger charge is -2.11. The lowest BCUT2D eigenvalue weighted by molar-refractivity contribution is 0.364. The molecule has 0 spiro atoms. The Morgan fingerprint density at radius 3 is 2.25 bits per heavy atom. The van der Waals surface area contributed by atoms with Gasteiger partial charge in [-0.25, -0.2) is 9.97 Å². The fourth-order valence-electron chi connectivity index (χ4n) is 1.43. The molecule has 2 aromatic heterocycles. The predicted octanol–water partition coefficient (Wildman–Crippen LogP) is 2.17. The predicted molar refractivity (Wildman–Crippen MR) is 78.1 cm³/mol. The van der Waals surface area contributed by atoms with Gasteiger partial charge in [0.15, 0.2) is 11.0 Å². The molecule has 2 heterocycles. The van der Waals surface area contributed by atoms with Crippen molar-refractivity contribution in [3.8, 4) is 0 Å². The Bertz CT molecular complexity index is 586. The van der Waals surface area contributed by atoms with Crippen molar-refractivity contribution in [1.82, 2.24) is 20.1 Å². The van der Waals surface area contributed by atoms with Crippen LogP contribution in [-0.4, -0.2) is 20.1 Å². The fourth-order valence-corrected chi connectivity index (χ4v) is 2.26. The molecule has 20 heavy (non-hydrogen) atoms. The van der Waals surface area contributed by atoms with Crippen molar-refractivity contribution in [3.63, 3.8) is 0 Å². The molecule has 0 saturated heterocycles. The summed E-state index contributed by atoms with van der Waals surface area (Å²) < 4.78 is 5.29. The summed E-state index contributed by atoms with van der Waals surface area (Å²) in [4.78, 5) is 12.6. The van der Waals surface area contributed by atoms with Crippen LogP contribution < -0.4 is 11.5 Å². The Balaban J connectivity index is 2.15. The van der Waals surface area contributed by atoms with Crippen LogP contribution in [0.1, 0.15) is 44.7 Å². The van der Waals surface area contributed by atoms with Crippen LogP contribution in [-0.2, 0) is 5.41 Å². The summed E-state index contributed by atoms with van der Waals surface area (Å²) in [6, 6.07) is 1.51. The smallest absolute Gasteiger partial charge is 0.239 e. The summed E-state index contributed by atoms with van der Waals surface area (Å²) >= 11 is 1.37. The van der Waals surface area contributed by atoms with Gasteiger partial charge in [0.05, 0.1) is 5.25 Å². The molecular weight excluding hydrogens is 276 g/mol. The molecule has 0 unspecified atom stereocenters. The highest BCUT2D eigenvalue weighted by Gasteiger charge is 2.24. The average molecular weight is 294 g/mol. The van der Waals surface area contributed by atoms with Crippen LogP contribution in [0.25, 0.3) is 0 Å². The Labute approximate surface area is 121 Å². The van der Waals surface area contributed by atoms with Crippen LogP contribution in [0.3, 0.4) is 0 Å². The Kier molecular flexibility index (Phi) is 3.85. The van der Waals surface area contributed by atoms with Crippen molar-refractivity contribution in [2.75, 3.05) is 11.5 Å². The van der Waals surface area contributed by atoms with E-state index in [1.54, 1.807) is 0 Å². The van der Waals surface area contributed by atoms with E-state index in [1.165, 1.54) is 17.8 Å². The molecule has 0 aliphatic carbocycles. The average Bonchev–Trinajstić information content (AvgIpc) is 2.75. The van der Waals surface area contributed by atoms with Crippen molar-refractivity contribution in [1.29, 1.82) is 0 Å². The minimum Gasteiger partial charge on any atom is -0.383 e. The first-order chi connectivity index (χ1) is 9.25. The van der Waals surface area contributed by atoms with E-state index in [-0.39, 0.29) is 10.7 Å². The summed E-state index contributed by atoms with van der Waals surface area (Å²) in [7, 11) is 0. The van der Waals surface area contributed by atoms with Crippen molar-refractivity contribution in [2.45, 2.75) is 43.5 Å². The van der Waals surface area contributed by atoms with Gasteiger partial charge in [-0.05, 0) is 6.92 Å². The van der Waals surface area contributed by atoms with Crippen molar-refractivity contribution >= 4 is 23.4 Å². The fraction of sp³-hybridized carbons (Fsp3) is 0.500. The molecule has 0 saturated carbocycles. The molecule has 0 fully saturated rings. The molecule has 0 aliphatic rings. The highest BCUT2D eigenvalue weighted by atomic mass is 32.2. The normalized spacial score (nSPS) is 13.4. The van der Waals surface area contributed by atoms with E-state index in [0.29, 0.717) is 28.5 Å². The Hall–Kier alpha value is -1.83. The number of nitrogen functional groups attached to an aromatic ring is 2. The zero-order chi connectivity index (χ0) is 14.9. The summed E-state index contributed by atoms with van der Waals surface area (Å²) in [6.07, 6.45) is 0. The lowest BCUT2D eigenvalue weighted by Crippen LogP contribution is -2.13. The SMILES string of the molecule is C[C@@H](Sc1nc(N)cc(N)n1)c1nc(C(C)(C)C)no1. The standard InChI is InChI=1S/C12H18N6OS/c1-6(9-17-10(18-19-9)12(2,3)4)20-11-15-7(13)5-8(14)16-11/h5-6H,1-4H3,(H4,13,14,15,16)/t6-/m1/s1. The summed E-state index contributed by atoms with van der Waals surface area (Å²) in [5, 5.41) is 4.40. The van der Waals surface area contributed by atoms with Gasteiger partial charge in [0.2, 0.25) is 5.89 Å². The Morgan fingerprint density at radius 1 is 1.15 bits per heavy atom. The van der Waals surface area contributed by atoms with Gasteiger partial charge in [-0.1, -0.05) is 37.7 Å². The van der Waals surface area contributed by atoms with Gasteiger partial charge in [-0.2, -0.15) is 4.98 Å². The van der Waals surface area contributed by atoms with Gasteiger partial charge in [0, 0.05) is 11.5 Å². The number of rotatable bonds is 3.